The Morgan fingerprint density at radius 3 is 0.528 bits per heavy atom. The molecule has 17 nitrogen and oxygen atoms in total. The molecule has 0 aliphatic carbocycles. The zero-order valence-electron chi connectivity index (χ0n) is 77.1. The van der Waals surface area contributed by atoms with E-state index in [0.29, 0.717) is 0 Å². The van der Waals surface area contributed by atoms with E-state index in [1.807, 2.05) is 269 Å². The maximum Gasteiger partial charge on any atom is 0.264 e. The number of pyridine rings is 17. The van der Waals surface area contributed by atoms with Crippen molar-refractivity contribution in [1.82, 2.24) is 84.7 Å². The van der Waals surface area contributed by atoms with Gasteiger partial charge >= 0.3 is 0 Å². The molecule has 0 aliphatic heterocycles. The van der Waals surface area contributed by atoms with Gasteiger partial charge in [0, 0.05) is 205 Å². The molecule has 0 saturated carbocycles. The summed E-state index contributed by atoms with van der Waals surface area (Å²) in [6, 6.07) is 147. The number of hydrogen-bond acceptors (Lipinski definition) is 17. The number of rotatable bonds is 23. The molecule has 23 aromatic rings. The van der Waals surface area contributed by atoms with Gasteiger partial charge in [0.1, 0.15) is 0 Å². The van der Waals surface area contributed by atoms with Crippen molar-refractivity contribution in [1.29, 1.82) is 0 Å². The first-order chi connectivity index (χ1) is 70.6. The van der Waals surface area contributed by atoms with Crippen LogP contribution in [0.4, 0.5) is 0 Å². The van der Waals surface area contributed by atoms with Crippen molar-refractivity contribution >= 4 is 117 Å². The van der Waals surface area contributed by atoms with Crippen LogP contribution in [0.25, 0.3) is 78.1 Å². The molecule has 0 fully saturated rings. The molecular formula is C121H91N17Si4. The van der Waals surface area contributed by atoms with Crippen LogP contribution in [0, 0.1) is 0 Å². The number of benzene rings is 6. The second kappa shape index (κ2) is 43.8. The molecule has 21 heteroatoms. The molecule has 0 N–H and O–H groups in total. The Bertz CT molecular complexity index is 6930. The van der Waals surface area contributed by atoms with Crippen molar-refractivity contribution < 1.29 is 0 Å². The van der Waals surface area contributed by atoms with Gasteiger partial charge < -0.3 is 0 Å². The molecule has 0 amide bonds. The summed E-state index contributed by atoms with van der Waals surface area (Å²) in [6.45, 7) is 0. The third-order valence-corrected chi connectivity index (χ3v) is 43.1. The van der Waals surface area contributed by atoms with Gasteiger partial charge in [-0.2, -0.15) is 0 Å². The summed E-state index contributed by atoms with van der Waals surface area (Å²) in [7, 11) is -12.3. The zero-order valence-corrected chi connectivity index (χ0v) is 81.1. The Kier molecular flexibility index (Phi) is 28.2. The van der Waals surface area contributed by atoms with E-state index in [2.05, 4.69) is 299 Å². The van der Waals surface area contributed by atoms with Gasteiger partial charge in [-0.25, -0.2) is 0 Å². The van der Waals surface area contributed by atoms with Crippen LogP contribution in [0.1, 0.15) is 0 Å². The molecule has 6 aromatic carbocycles. The molecular weight excluding hydrogens is 1800 g/mol. The maximum atomic E-state index is 5.19. The van der Waals surface area contributed by atoms with E-state index in [1.54, 1.807) is 6.20 Å². The standard InChI is InChI=1S/C33H25N3Si.C32H24N4Si.C31H23N5Si.C25H19N5Si/c1-4-14-26(15-5-1)29-20-12-24-35-32(29)37(27-16-6-2-7-17-27,28-18-8-3-9-19-28)33-30(21-13-25-36-33)31-22-10-11-23-34-31;1-3-9-27(10-4-1)37(28-11-5-2-6-12-28,31-29(13-7-19-35-31)25-15-21-33-22-16-25)32-30(14-8-20-36-32)26-17-23-34-24-18-26;1-2-10-24(11-3-1)26-12-8-20-35-30(26)37(28-14-4-6-18-33-28,29-15-5-7-19-34-29)31-27(13-9-21-36-31)25-16-22-32-23-17-25;1-5-15-26-21(11-1)20-10-9-19-30-25(20)31(22-12-2-6-16-27-22,23-13-3-7-17-28-23)24-14-4-8-18-29-24/h1-25H;1-24H;1-23H;1-19H. The van der Waals surface area contributed by atoms with Crippen molar-refractivity contribution in [2.75, 3.05) is 0 Å². The monoisotopic (exact) mass is 1890 g/mol. The van der Waals surface area contributed by atoms with E-state index >= 15 is 0 Å². The van der Waals surface area contributed by atoms with Crippen molar-refractivity contribution in [3.63, 3.8) is 0 Å². The highest BCUT2D eigenvalue weighted by molar-refractivity contribution is 7.22. The highest BCUT2D eigenvalue weighted by atomic mass is 28.3. The summed E-state index contributed by atoms with van der Waals surface area (Å²) < 4.78 is 0. The van der Waals surface area contributed by atoms with Gasteiger partial charge in [0.05, 0.1) is 32.7 Å². The normalized spacial score (nSPS) is 11.2. The smallest absolute Gasteiger partial charge is 0.264 e. The topological polar surface area (TPSA) is 219 Å². The molecule has 142 heavy (non-hydrogen) atoms. The van der Waals surface area contributed by atoms with Crippen molar-refractivity contribution in [2.45, 2.75) is 0 Å². The van der Waals surface area contributed by atoms with Gasteiger partial charge in [-0.3, -0.25) is 84.7 Å². The third kappa shape index (κ3) is 18.4. The van der Waals surface area contributed by atoms with Crippen LogP contribution in [-0.2, 0) is 0 Å². The first-order valence-electron chi connectivity index (χ1n) is 46.7. The molecule has 0 radical (unpaired) electrons. The SMILES string of the molecule is c1ccc(-c2cccnc2[Si](c2ccccc2)(c2ccccc2)c2ncccc2-c2ccccn2)cc1.c1ccc(-c2cccnc2[Si](c2ccccn2)(c2ccccn2)c2ccccn2)nc1.c1ccc(-c2cccnc2[Si](c2ccccn2)(c2ccccn2)c2ncccc2-c2ccncc2)cc1.c1ccc([Si](c2ccccc2)(c2ncccc2-c2ccncc2)c2ncccc2-c2ccncc2)cc1. The molecule has 17 aromatic heterocycles. The summed E-state index contributed by atoms with van der Waals surface area (Å²) in [5, 5.41) is 16.6. The minimum absolute atomic E-state index is 0.866. The fourth-order valence-corrected chi connectivity index (χ4v) is 37.6. The Hall–Kier alpha value is -18.3. The van der Waals surface area contributed by atoms with E-state index in [0.717, 1.165) is 142 Å². The van der Waals surface area contributed by atoms with Crippen molar-refractivity contribution in [2.24, 2.45) is 0 Å². The lowest BCUT2D eigenvalue weighted by Crippen LogP contribution is -2.78. The lowest BCUT2D eigenvalue weighted by Gasteiger charge is -2.35. The van der Waals surface area contributed by atoms with Gasteiger partial charge in [0.25, 0.3) is 16.1 Å². The first-order valence-corrected chi connectivity index (χ1v) is 54.7. The van der Waals surface area contributed by atoms with E-state index in [1.165, 1.54) is 20.7 Å². The van der Waals surface area contributed by atoms with E-state index in [-0.39, 0.29) is 0 Å². The van der Waals surface area contributed by atoms with Crippen LogP contribution in [0.3, 0.4) is 0 Å². The fourth-order valence-electron chi connectivity index (χ4n) is 19.2. The largest absolute Gasteiger partial charge is 0.265 e. The van der Waals surface area contributed by atoms with Gasteiger partial charge in [-0.1, -0.05) is 255 Å². The summed E-state index contributed by atoms with van der Waals surface area (Å²) >= 11 is 0. The molecule has 0 saturated heterocycles. The minimum atomic E-state index is -3.22. The third-order valence-electron chi connectivity index (χ3n) is 25.2. The Labute approximate surface area is 828 Å². The van der Waals surface area contributed by atoms with Crippen molar-refractivity contribution in [3.8, 4) is 78.1 Å². The van der Waals surface area contributed by atoms with Gasteiger partial charge in [0.2, 0.25) is 16.1 Å². The summed E-state index contributed by atoms with van der Waals surface area (Å²) in [6.07, 6.45) is 37.0. The molecule has 0 atom stereocenters. The van der Waals surface area contributed by atoms with Crippen molar-refractivity contribution in [3.05, 3.63) is 555 Å². The van der Waals surface area contributed by atoms with Gasteiger partial charge in [0.15, 0.2) is 0 Å². The quantitative estimate of drug-likeness (QED) is 0.0544. The van der Waals surface area contributed by atoms with E-state index in [9.17, 15) is 0 Å². The molecule has 0 unspecified atom stereocenters. The molecule has 0 aliphatic rings. The van der Waals surface area contributed by atoms with Crippen LogP contribution >= 0.6 is 0 Å². The Morgan fingerprint density at radius 2 is 0.296 bits per heavy atom. The molecule has 23 rings (SSSR count). The van der Waals surface area contributed by atoms with E-state index in [4.69, 9.17) is 64.8 Å². The van der Waals surface area contributed by atoms with E-state index < -0.39 is 32.3 Å². The average molecular weight is 1900 g/mol. The lowest BCUT2D eigenvalue weighted by atomic mass is 10.1. The second-order valence-electron chi connectivity index (χ2n) is 33.2. The van der Waals surface area contributed by atoms with Crippen LogP contribution in [0.5, 0.6) is 0 Å². The number of nitrogens with zero attached hydrogens (tertiary/aromatic N) is 17. The lowest BCUT2D eigenvalue weighted by molar-refractivity contribution is 1.28. The highest BCUT2D eigenvalue weighted by Crippen LogP contribution is 2.30. The van der Waals surface area contributed by atoms with Crippen LogP contribution in [0.15, 0.2) is 555 Å². The van der Waals surface area contributed by atoms with Gasteiger partial charge in [-0.15, -0.1) is 0 Å². The number of hydrogen-bond donors (Lipinski definition) is 0. The predicted molar refractivity (Wildman–Crippen MR) is 581 cm³/mol. The zero-order chi connectivity index (χ0) is 95.7. The molecule has 676 valence electrons. The maximum absolute atomic E-state index is 5.19. The summed E-state index contributed by atoms with van der Waals surface area (Å²) in [5.74, 6) is 0. The molecule has 0 spiro atoms. The van der Waals surface area contributed by atoms with Crippen LogP contribution < -0.4 is 84.6 Å². The molecule has 0 bridgehead atoms. The summed E-state index contributed by atoms with van der Waals surface area (Å²) in [4.78, 5) is 82.5. The van der Waals surface area contributed by atoms with Crippen LogP contribution in [0.2, 0.25) is 0 Å². The highest BCUT2D eigenvalue weighted by Gasteiger charge is 2.53. The number of aromatic nitrogens is 17. The second-order valence-corrected chi connectivity index (χ2v) is 47.4. The average Bonchev–Trinajstić information content (AvgIpc) is 0.727. The van der Waals surface area contributed by atoms with Crippen LogP contribution in [-0.4, -0.2) is 117 Å². The molecule has 17 heterocycles. The Balaban J connectivity index is 0.000000116. The van der Waals surface area contributed by atoms with Gasteiger partial charge in [-0.05, 0) is 224 Å². The Morgan fingerprint density at radius 1 is 0.113 bits per heavy atom. The summed E-state index contributed by atoms with van der Waals surface area (Å²) in [5.41, 5.74) is 14.6. The first kappa shape index (κ1) is 91.5. The fraction of sp³-hybridized carbons (Fsp3) is 0. The predicted octanol–water partition coefficient (Wildman–Crippen LogP) is 13.6. The minimum Gasteiger partial charge on any atom is -0.265 e.